The summed E-state index contributed by atoms with van der Waals surface area (Å²) >= 11 is 0. The topological polar surface area (TPSA) is 41.6 Å². The van der Waals surface area contributed by atoms with Crippen molar-refractivity contribution in [2.24, 2.45) is 0 Å². The third-order valence-electron chi connectivity index (χ3n) is 2.90. The number of anilines is 2. The number of carbonyl (C=O) groups is 1. The summed E-state index contributed by atoms with van der Waals surface area (Å²) in [5.74, 6) is 0.0356. The number of para-hydroxylation sites is 2. The van der Waals surface area contributed by atoms with Crippen molar-refractivity contribution in [2.45, 2.75) is 6.04 Å². The van der Waals surface area contributed by atoms with Crippen LogP contribution < -0.4 is 10.2 Å². The van der Waals surface area contributed by atoms with Gasteiger partial charge in [0.15, 0.2) is 0 Å². The van der Waals surface area contributed by atoms with Gasteiger partial charge in [-0.2, -0.15) is 0 Å². The van der Waals surface area contributed by atoms with Crippen LogP contribution >= 0.6 is 0 Å². The number of nitrogens with zero attached hydrogens (tertiary/aromatic N) is 1. The van der Waals surface area contributed by atoms with Crippen molar-refractivity contribution in [3.63, 3.8) is 0 Å². The van der Waals surface area contributed by atoms with Crippen LogP contribution in [0, 0.1) is 0 Å². The number of rotatable bonds is 0. The molecule has 1 aromatic carbocycles. The van der Waals surface area contributed by atoms with Gasteiger partial charge in [-0.15, -0.1) is 0 Å². The minimum Gasteiger partial charge on any atom is -0.377 e. The highest BCUT2D eigenvalue weighted by Crippen LogP contribution is 2.32. The fourth-order valence-electron chi connectivity index (χ4n) is 2.16. The van der Waals surface area contributed by atoms with Gasteiger partial charge < -0.3 is 15.0 Å². The van der Waals surface area contributed by atoms with E-state index in [9.17, 15) is 4.79 Å². The fourth-order valence-corrected chi connectivity index (χ4v) is 2.16. The van der Waals surface area contributed by atoms with Crippen molar-refractivity contribution in [1.82, 2.24) is 0 Å². The lowest BCUT2D eigenvalue weighted by molar-refractivity contribution is -0.119. The summed E-state index contributed by atoms with van der Waals surface area (Å²) in [5.41, 5.74) is 2.01. The second-order valence-corrected chi connectivity index (χ2v) is 3.79. The molecule has 78 valence electrons. The molecule has 0 spiro atoms. The molecule has 1 unspecified atom stereocenters. The zero-order valence-corrected chi connectivity index (χ0v) is 8.27. The number of carbonyl (C=O) groups excluding carboxylic acids is 1. The smallest absolute Gasteiger partial charge is 0.249 e. The molecule has 1 N–H and O–H groups in total. The molecule has 1 amide bonds. The fraction of sp³-hybridized carbons (Fsp3) is 0.364. The molecular weight excluding hydrogens is 192 g/mol. The van der Waals surface area contributed by atoms with E-state index in [4.69, 9.17) is 4.74 Å². The van der Waals surface area contributed by atoms with Gasteiger partial charge in [-0.05, 0) is 12.1 Å². The second-order valence-electron chi connectivity index (χ2n) is 3.79. The molecule has 15 heavy (non-hydrogen) atoms. The van der Waals surface area contributed by atoms with Crippen LogP contribution in [-0.4, -0.2) is 31.7 Å². The van der Waals surface area contributed by atoms with Gasteiger partial charge in [-0.1, -0.05) is 12.1 Å². The van der Waals surface area contributed by atoms with Gasteiger partial charge in [0.2, 0.25) is 5.91 Å². The maximum absolute atomic E-state index is 11.8. The van der Waals surface area contributed by atoms with Crippen LogP contribution in [0.1, 0.15) is 0 Å². The van der Waals surface area contributed by atoms with E-state index in [1.807, 2.05) is 24.3 Å². The molecule has 1 aromatic rings. The lowest BCUT2D eigenvalue weighted by Gasteiger charge is -2.40. The maximum Gasteiger partial charge on any atom is 0.249 e. The van der Waals surface area contributed by atoms with Gasteiger partial charge in [0.25, 0.3) is 0 Å². The lowest BCUT2D eigenvalue weighted by Crippen LogP contribution is -2.54. The van der Waals surface area contributed by atoms with Crippen LogP contribution in [0.15, 0.2) is 24.3 Å². The van der Waals surface area contributed by atoms with Crippen LogP contribution in [-0.2, 0) is 9.53 Å². The first kappa shape index (κ1) is 8.73. The number of hydrogen-bond donors (Lipinski definition) is 1. The van der Waals surface area contributed by atoms with Crippen LogP contribution in [0.3, 0.4) is 0 Å². The maximum atomic E-state index is 11.8. The molecule has 4 nitrogen and oxygen atoms in total. The normalized spacial score (nSPS) is 24.1. The van der Waals surface area contributed by atoms with Crippen molar-refractivity contribution in [3.8, 4) is 0 Å². The van der Waals surface area contributed by atoms with Gasteiger partial charge in [0.1, 0.15) is 6.04 Å². The monoisotopic (exact) mass is 204 g/mol. The minimum absolute atomic E-state index is 0.0356. The highest BCUT2D eigenvalue weighted by Gasteiger charge is 2.34. The van der Waals surface area contributed by atoms with Crippen LogP contribution in [0.5, 0.6) is 0 Å². The number of fused-ring (bicyclic) bond motifs is 3. The molecule has 4 heteroatoms. The van der Waals surface area contributed by atoms with Crippen LogP contribution in [0.25, 0.3) is 0 Å². The van der Waals surface area contributed by atoms with E-state index in [1.165, 1.54) is 0 Å². The standard InChI is InChI=1S/C11H12N2O2/c14-11-10-7-15-6-5-13(10)9-4-2-1-3-8(9)12-11/h1-4,10H,5-7H2,(H,12,14). The van der Waals surface area contributed by atoms with E-state index < -0.39 is 0 Å². The van der Waals surface area contributed by atoms with Crippen LogP contribution in [0.2, 0.25) is 0 Å². The lowest BCUT2D eigenvalue weighted by atomic mass is 10.1. The molecule has 2 aliphatic heterocycles. The Labute approximate surface area is 87.8 Å². The van der Waals surface area contributed by atoms with Gasteiger partial charge in [-0.3, -0.25) is 4.79 Å². The molecule has 2 heterocycles. The molecular formula is C11H12N2O2. The summed E-state index contributed by atoms with van der Waals surface area (Å²) in [7, 11) is 0. The van der Waals surface area contributed by atoms with E-state index in [2.05, 4.69) is 10.2 Å². The van der Waals surface area contributed by atoms with E-state index in [1.54, 1.807) is 0 Å². The number of ether oxygens (including phenoxy) is 1. The van der Waals surface area contributed by atoms with E-state index in [0.29, 0.717) is 13.2 Å². The Morgan fingerprint density at radius 2 is 2.27 bits per heavy atom. The number of hydrogen-bond acceptors (Lipinski definition) is 3. The first-order valence-electron chi connectivity index (χ1n) is 5.10. The van der Waals surface area contributed by atoms with E-state index in [-0.39, 0.29) is 11.9 Å². The average Bonchev–Trinajstić information content (AvgIpc) is 2.30. The Morgan fingerprint density at radius 1 is 1.40 bits per heavy atom. The molecule has 0 saturated carbocycles. The van der Waals surface area contributed by atoms with Gasteiger partial charge in [-0.25, -0.2) is 0 Å². The van der Waals surface area contributed by atoms with Crippen molar-refractivity contribution < 1.29 is 9.53 Å². The van der Waals surface area contributed by atoms with Gasteiger partial charge >= 0.3 is 0 Å². The molecule has 0 bridgehead atoms. The summed E-state index contributed by atoms with van der Waals surface area (Å²) in [6.07, 6.45) is 0. The quantitative estimate of drug-likeness (QED) is 0.681. The molecule has 0 radical (unpaired) electrons. The molecule has 1 atom stereocenters. The Hall–Kier alpha value is -1.55. The number of benzene rings is 1. The Bertz CT molecular complexity index is 405. The third kappa shape index (κ3) is 1.29. The first-order valence-corrected chi connectivity index (χ1v) is 5.10. The summed E-state index contributed by atoms with van der Waals surface area (Å²) in [6, 6.07) is 7.73. The van der Waals surface area contributed by atoms with E-state index >= 15 is 0 Å². The van der Waals surface area contributed by atoms with E-state index in [0.717, 1.165) is 17.9 Å². The summed E-state index contributed by atoms with van der Waals surface area (Å²) in [6.45, 7) is 1.97. The van der Waals surface area contributed by atoms with Gasteiger partial charge in [0.05, 0.1) is 24.6 Å². The van der Waals surface area contributed by atoms with Crippen LogP contribution in [0.4, 0.5) is 11.4 Å². The Balaban J connectivity index is 2.06. The summed E-state index contributed by atoms with van der Waals surface area (Å²) in [4.78, 5) is 13.9. The molecule has 0 aromatic heterocycles. The molecule has 0 aliphatic carbocycles. The predicted octanol–water partition coefficient (Wildman–Crippen LogP) is 0.844. The predicted molar refractivity (Wildman–Crippen MR) is 57.0 cm³/mol. The van der Waals surface area contributed by atoms with Crippen molar-refractivity contribution in [3.05, 3.63) is 24.3 Å². The molecule has 1 fully saturated rings. The average molecular weight is 204 g/mol. The zero-order valence-electron chi connectivity index (χ0n) is 8.27. The zero-order chi connectivity index (χ0) is 10.3. The summed E-state index contributed by atoms with van der Waals surface area (Å²) < 4.78 is 5.32. The minimum atomic E-state index is -0.159. The SMILES string of the molecule is O=C1Nc2ccccc2N2CCOCC12. The molecule has 2 aliphatic rings. The number of nitrogens with one attached hydrogen (secondary N) is 1. The first-order chi connectivity index (χ1) is 7.36. The second kappa shape index (κ2) is 3.24. The van der Waals surface area contributed by atoms with Crippen molar-refractivity contribution in [1.29, 1.82) is 0 Å². The summed E-state index contributed by atoms with van der Waals surface area (Å²) in [5, 5.41) is 2.90. The third-order valence-corrected chi connectivity index (χ3v) is 2.90. The molecule has 1 saturated heterocycles. The molecule has 3 rings (SSSR count). The Kier molecular flexibility index (Phi) is 1.89. The highest BCUT2D eigenvalue weighted by molar-refractivity contribution is 6.03. The van der Waals surface area contributed by atoms with Gasteiger partial charge in [0, 0.05) is 6.54 Å². The largest absolute Gasteiger partial charge is 0.377 e. The number of amides is 1. The number of morpholine rings is 1. The Morgan fingerprint density at radius 3 is 3.20 bits per heavy atom. The highest BCUT2D eigenvalue weighted by atomic mass is 16.5. The van der Waals surface area contributed by atoms with Crippen molar-refractivity contribution in [2.75, 3.05) is 30.0 Å². The van der Waals surface area contributed by atoms with Crippen molar-refractivity contribution >= 4 is 17.3 Å².